The molecular weight excluding hydrogens is 232 g/mol. The topological polar surface area (TPSA) is 101 Å². The summed E-state index contributed by atoms with van der Waals surface area (Å²) in [7, 11) is -2.06. The van der Waals surface area contributed by atoms with Crippen LogP contribution in [0, 0.1) is 0 Å². The van der Waals surface area contributed by atoms with Crippen LogP contribution in [0.25, 0.3) is 0 Å². The Labute approximate surface area is 94.6 Å². The van der Waals surface area contributed by atoms with Gasteiger partial charge in [0.1, 0.15) is 10.7 Å². The molecule has 0 radical (unpaired) electrons. The third-order valence-corrected chi connectivity index (χ3v) is 4.15. The number of likely N-dealkylation sites (N-methyl/N-ethyl adjacent to an activating group) is 1. The minimum atomic E-state index is -3.58. The van der Waals surface area contributed by atoms with Crippen LogP contribution in [0.1, 0.15) is 6.92 Å². The number of H-pyrrole nitrogens is 1. The van der Waals surface area contributed by atoms with E-state index in [1.54, 1.807) is 6.92 Å². The maximum atomic E-state index is 12.1. The Kier molecular flexibility index (Phi) is 4.27. The van der Waals surface area contributed by atoms with Gasteiger partial charge in [-0.3, -0.25) is 5.10 Å². The van der Waals surface area contributed by atoms with E-state index in [-0.39, 0.29) is 10.7 Å². The second-order valence-electron chi connectivity index (χ2n) is 3.14. The number of sulfonamides is 1. The third-order valence-electron chi connectivity index (χ3n) is 2.15. The summed E-state index contributed by atoms with van der Waals surface area (Å²) >= 11 is 0. The summed E-state index contributed by atoms with van der Waals surface area (Å²) in [6, 6.07) is 0. The summed E-state index contributed by atoms with van der Waals surface area (Å²) < 4.78 is 30.3. The van der Waals surface area contributed by atoms with Gasteiger partial charge in [-0.05, 0) is 0 Å². The largest absolute Gasteiger partial charge is 0.383 e. The van der Waals surface area contributed by atoms with Crippen LogP contribution in [-0.4, -0.2) is 49.7 Å². The molecule has 0 atom stereocenters. The van der Waals surface area contributed by atoms with Crippen molar-refractivity contribution in [3.63, 3.8) is 0 Å². The molecule has 1 heterocycles. The van der Waals surface area contributed by atoms with E-state index in [9.17, 15) is 8.42 Å². The second-order valence-corrected chi connectivity index (χ2v) is 5.04. The van der Waals surface area contributed by atoms with Gasteiger partial charge < -0.3 is 10.5 Å². The summed E-state index contributed by atoms with van der Waals surface area (Å²) in [6.45, 7) is 2.74. The fourth-order valence-electron chi connectivity index (χ4n) is 1.27. The van der Waals surface area contributed by atoms with Crippen LogP contribution in [0.2, 0.25) is 0 Å². The maximum absolute atomic E-state index is 12.1. The lowest BCUT2D eigenvalue weighted by Crippen LogP contribution is -2.33. The van der Waals surface area contributed by atoms with E-state index in [1.807, 2.05) is 0 Å². The average molecular weight is 248 g/mol. The smallest absolute Gasteiger partial charge is 0.248 e. The van der Waals surface area contributed by atoms with Crippen LogP contribution < -0.4 is 5.73 Å². The van der Waals surface area contributed by atoms with Crippen LogP contribution in [0.5, 0.6) is 0 Å². The summed E-state index contributed by atoms with van der Waals surface area (Å²) in [5.41, 5.74) is 5.49. The van der Waals surface area contributed by atoms with Gasteiger partial charge in [-0.1, -0.05) is 6.92 Å². The van der Waals surface area contributed by atoms with Gasteiger partial charge in [0.05, 0.1) is 12.8 Å². The molecule has 8 heteroatoms. The zero-order valence-electron chi connectivity index (χ0n) is 9.30. The fourth-order valence-corrected chi connectivity index (χ4v) is 2.71. The lowest BCUT2D eigenvalue weighted by molar-refractivity contribution is 0.180. The lowest BCUT2D eigenvalue weighted by Gasteiger charge is -2.19. The van der Waals surface area contributed by atoms with Crippen molar-refractivity contribution in [2.45, 2.75) is 11.8 Å². The van der Waals surface area contributed by atoms with Crippen LogP contribution in [0.4, 0.5) is 5.82 Å². The predicted octanol–water partition coefficient (Wildman–Crippen LogP) is -0.351. The molecule has 1 aromatic rings. The van der Waals surface area contributed by atoms with Crippen molar-refractivity contribution in [1.82, 2.24) is 14.5 Å². The Balaban J connectivity index is 2.95. The van der Waals surface area contributed by atoms with E-state index in [4.69, 9.17) is 10.5 Å². The summed E-state index contributed by atoms with van der Waals surface area (Å²) in [4.78, 5) is 0.00505. The average Bonchev–Trinajstić information content (AvgIpc) is 2.66. The normalized spacial score (nSPS) is 12.2. The molecule has 0 aliphatic heterocycles. The quantitative estimate of drug-likeness (QED) is 0.716. The van der Waals surface area contributed by atoms with Crippen molar-refractivity contribution < 1.29 is 13.2 Å². The first-order chi connectivity index (χ1) is 7.54. The van der Waals surface area contributed by atoms with Crippen molar-refractivity contribution >= 4 is 15.8 Å². The molecule has 7 nitrogen and oxygen atoms in total. The van der Waals surface area contributed by atoms with E-state index >= 15 is 0 Å². The number of hydrogen-bond acceptors (Lipinski definition) is 5. The van der Waals surface area contributed by atoms with Crippen LogP contribution in [0.3, 0.4) is 0 Å². The van der Waals surface area contributed by atoms with Crippen molar-refractivity contribution in [2.24, 2.45) is 0 Å². The number of anilines is 1. The number of nitrogens with two attached hydrogens (primary N) is 1. The first-order valence-corrected chi connectivity index (χ1v) is 6.26. The monoisotopic (exact) mass is 248 g/mol. The summed E-state index contributed by atoms with van der Waals surface area (Å²) in [5.74, 6) is 0.0517. The number of nitrogen functional groups attached to an aromatic ring is 1. The van der Waals surface area contributed by atoms with E-state index in [1.165, 1.54) is 17.6 Å². The first kappa shape index (κ1) is 12.9. The molecule has 0 saturated carbocycles. The maximum Gasteiger partial charge on any atom is 0.248 e. The van der Waals surface area contributed by atoms with Gasteiger partial charge in [0.25, 0.3) is 0 Å². The SMILES string of the molecule is CCN(CCOC)S(=O)(=O)c1cn[nH]c1N. The molecule has 0 unspecified atom stereocenters. The van der Waals surface area contributed by atoms with Gasteiger partial charge >= 0.3 is 0 Å². The molecule has 92 valence electrons. The van der Waals surface area contributed by atoms with Gasteiger partial charge in [-0.25, -0.2) is 8.42 Å². The number of hydrogen-bond donors (Lipinski definition) is 2. The second kappa shape index (κ2) is 5.28. The minimum absolute atomic E-state index is 0.00505. The van der Waals surface area contributed by atoms with Crippen molar-refractivity contribution in [2.75, 3.05) is 32.5 Å². The number of aromatic amines is 1. The van der Waals surface area contributed by atoms with E-state index in [0.29, 0.717) is 19.7 Å². The number of methoxy groups -OCH3 is 1. The molecule has 1 rings (SSSR count). The van der Waals surface area contributed by atoms with E-state index < -0.39 is 10.0 Å². The van der Waals surface area contributed by atoms with Gasteiger partial charge in [0.2, 0.25) is 10.0 Å². The molecule has 3 N–H and O–H groups in total. The predicted molar refractivity (Wildman–Crippen MR) is 59.3 cm³/mol. The molecule has 0 saturated heterocycles. The highest BCUT2D eigenvalue weighted by Crippen LogP contribution is 2.19. The Morgan fingerprint density at radius 2 is 2.31 bits per heavy atom. The standard InChI is InChI=1S/C8H16N4O3S/c1-3-12(4-5-15-2)16(13,14)7-6-10-11-8(7)9/h6H,3-5H2,1-2H3,(H3,9,10,11). The summed E-state index contributed by atoms with van der Waals surface area (Å²) in [5, 5.41) is 6.00. The van der Waals surface area contributed by atoms with Gasteiger partial charge in [-0.2, -0.15) is 9.40 Å². The number of ether oxygens (including phenoxy) is 1. The van der Waals surface area contributed by atoms with Gasteiger partial charge in [-0.15, -0.1) is 0 Å². The van der Waals surface area contributed by atoms with Crippen molar-refractivity contribution in [3.8, 4) is 0 Å². The van der Waals surface area contributed by atoms with E-state index in [2.05, 4.69) is 10.2 Å². The lowest BCUT2D eigenvalue weighted by atomic mass is 10.6. The van der Waals surface area contributed by atoms with Gasteiger partial charge in [0.15, 0.2) is 0 Å². The minimum Gasteiger partial charge on any atom is -0.383 e. The Morgan fingerprint density at radius 1 is 1.62 bits per heavy atom. The Morgan fingerprint density at radius 3 is 2.75 bits per heavy atom. The number of aromatic nitrogens is 2. The zero-order valence-corrected chi connectivity index (χ0v) is 10.1. The van der Waals surface area contributed by atoms with Crippen LogP contribution >= 0.6 is 0 Å². The Bertz CT molecular complexity index is 428. The number of rotatable bonds is 6. The molecule has 1 aromatic heterocycles. The van der Waals surface area contributed by atoms with Crippen molar-refractivity contribution in [1.29, 1.82) is 0 Å². The molecule has 0 fully saturated rings. The highest BCUT2D eigenvalue weighted by Gasteiger charge is 2.26. The first-order valence-electron chi connectivity index (χ1n) is 4.82. The van der Waals surface area contributed by atoms with Crippen molar-refractivity contribution in [3.05, 3.63) is 6.20 Å². The molecule has 16 heavy (non-hydrogen) atoms. The molecule has 0 aliphatic carbocycles. The molecule has 0 aromatic carbocycles. The molecule has 0 aliphatic rings. The van der Waals surface area contributed by atoms with Crippen LogP contribution in [-0.2, 0) is 14.8 Å². The number of nitrogens with zero attached hydrogens (tertiary/aromatic N) is 2. The zero-order chi connectivity index (χ0) is 12.2. The third kappa shape index (κ3) is 2.52. The fraction of sp³-hybridized carbons (Fsp3) is 0.625. The molecule has 0 amide bonds. The number of nitrogens with one attached hydrogen (secondary N) is 1. The van der Waals surface area contributed by atoms with Gasteiger partial charge in [0, 0.05) is 20.2 Å². The highest BCUT2D eigenvalue weighted by molar-refractivity contribution is 7.89. The Hall–Kier alpha value is -1.12. The molecular formula is C8H16N4O3S. The van der Waals surface area contributed by atoms with Crippen LogP contribution in [0.15, 0.2) is 11.1 Å². The van der Waals surface area contributed by atoms with E-state index in [0.717, 1.165) is 0 Å². The highest BCUT2D eigenvalue weighted by atomic mass is 32.2. The molecule has 0 spiro atoms. The molecule has 0 bridgehead atoms. The summed E-state index contributed by atoms with van der Waals surface area (Å²) in [6.07, 6.45) is 1.21.